The summed E-state index contributed by atoms with van der Waals surface area (Å²) in [6.45, 7) is 2.72. The molecule has 1 saturated heterocycles. The maximum atomic E-state index is 13.7. The molecule has 1 amide bonds. The number of nitriles is 1. The summed E-state index contributed by atoms with van der Waals surface area (Å²) in [6.07, 6.45) is -3.68. The number of likely N-dealkylation sites (N-methyl/N-ethyl adjacent to an activating group) is 1. The summed E-state index contributed by atoms with van der Waals surface area (Å²) in [6, 6.07) is 5.51. The Labute approximate surface area is 208 Å². The van der Waals surface area contributed by atoms with Gasteiger partial charge in [-0.3, -0.25) is 0 Å². The second-order valence-corrected chi connectivity index (χ2v) is 11.6. The molecule has 1 heterocycles. The zero-order valence-electron chi connectivity index (χ0n) is 20.2. The molecule has 0 aromatic heterocycles. The molecule has 3 fully saturated rings. The maximum Gasteiger partial charge on any atom is 0.417 e. The number of sulfone groups is 1. The average molecular weight is 533 g/mol. The van der Waals surface area contributed by atoms with Gasteiger partial charge in [0.2, 0.25) is 0 Å². The van der Waals surface area contributed by atoms with Crippen molar-refractivity contribution < 1.29 is 36.2 Å². The molecule has 2 aliphatic carbocycles. The summed E-state index contributed by atoms with van der Waals surface area (Å²) in [5.74, 6) is 0. The molecule has 0 spiro atoms. The number of nitrogens with zero attached hydrogens (tertiary/aromatic N) is 3. The van der Waals surface area contributed by atoms with Crippen LogP contribution < -0.4 is 10.2 Å². The first-order chi connectivity index (χ1) is 16.8. The number of benzene rings is 1. The number of anilines is 1. The molecular formula is C23H31F3N4O5S. The SMILES string of the molecule is CO[C@@H]1CC[C@@H](S(=O)(=O)c2ccc(N3CCN(C)CC3)cc2C(F)(F)F)C1.N#CC1(NC(=O)O)CC1. The lowest BCUT2D eigenvalue weighted by Crippen LogP contribution is -2.44. The summed E-state index contributed by atoms with van der Waals surface area (Å²) in [4.78, 5) is 13.3. The number of hydrogen-bond donors (Lipinski definition) is 2. The topological polar surface area (TPSA) is 123 Å². The summed E-state index contributed by atoms with van der Waals surface area (Å²) < 4.78 is 72.1. The molecule has 1 aliphatic heterocycles. The first kappa shape index (κ1) is 28.0. The lowest BCUT2D eigenvalue weighted by Gasteiger charge is -2.34. The zero-order valence-corrected chi connectivity index (χ0v) is 21.0. The summed E-state index contributed by atoms with van der Waals surface area (Å²) in [5.41, 5.74) is -1.39. The predicted molar refractivity (Wildman–Crippen MR) is 126 cm³/mol. The van der Waals surface area contributed by atoms with Crippen molar-refractivity contribution in [3.05, 3.63) is 23.8 Å². The lowest BCUT2D eigenvalue weighted by molar-refractivity contribution is -0.139. The molecule has 13 heteroatoms. The van der Waals surface area contributed by atoms with Crippen molar-refractivity contribution in [2.24, 2.45) is 0 Å². The van der Waals surface area contributed by atoms with Gasteiger partial charge in [0.15, 0.2) is 9.84 Å². The van der Waals surface area contributed by atoms with E-state index in [1.165, 1.54) is 13.2 Å². The Kier molecular flexibility index (Phi) is 8.42. The second kappa shape index (κ2) is 10.8. The van der Waals surface area contributed by atoms with Gasteiger partial charge >= 0.3 is 12.3 Å². The third kappa shape index (κ3) is 6.60. The van der Waals surface area contributed by atoms with E-state index < -0.39 is 43.4 Å². The third-order valence-electron chi connectivity index (χ3n) is 6.86. The Morgan fingerprint density at radius 2 is 1.86 bits per heavy atom. The van der Waals surface area contributed by atoms with Gasteiger partial charge in [-0.15, -0.1) is 0 Å². The lowest BCUT2D eigenvalue weighted by atomic mass is 10.1. The molecular weight excluding hydrogens is 501 g/mol. The van der Waals surface area contributed by atoms with Crippen LogP contribution in [0.4, 0.5) is 23.7 Å². The van der Waals surface area contributed by atoms with E-state index in [1.54, 1.807) is 0 Å². The first-order valence-corrected chi connectivity index (χ1v) is 13.2. The molecule has 1 aromatic carbocycles. The van der Waals surface area contributed by atoms with Crippen molar-refractivity contribution in [2.45, 2.75) is 60.1 Å². The highest BCUT2D eigenvalue weighted by Gasteiger charge is 2.45. The molecule has 0 unspecified atom stereocenters. The van der Waals surface area contributed by atoms with Crippen molar-refractivity contribution in [3.63, 3.8) is 0 Å². The number of rotatable bonds is 5. The van der Waals surface area contributed by atoms with Gasteiger partial charge in [0.1, 0.15) is 5.54 Å². The van der Waals surface area contributed by atoms with Crippen LogP contribution in [-0.4, -0.2) is 81.7 Å². The fourth-order valence-electron chi connectivity index (χ4n) is 4.42. The van der Waals surface area contributed by atoms with E-state index in [0.717, 1.165) is 25.2 Å². The molecule has 3 aliphatic rings. The van der Waals surface area contributed by atoms with Gasteiger partial charge in [0, 0.05) is 39.0 Å². The van der Waals surface area contributed by atoms with Crippen LogP contribution in [0.25, 0.3) is 0 Å². The number of amides is 1. The third-order valence-corrected chi connectivity index (χ3v) is 9.14. The van der Waals surface area contributed by atoms with Gasteiger partial charge in [0.05, 0.1) is 27.9 Å². The minimum Gasteiger partial charge on any atom is -0.465 e. The van der Waals surface area contributed by atoms with E-state index in [-0.39, 0.29) is 12.5 Å². The van der Waals surface area contributed by atoms with Crippen LogP contribution in [0.1, 0.15) is 37.7 Å². The van der Waals surface area contributed by atoms with Gasteiger partial charge in [-0.2, -0.15) is 18.4 Å². The Morgan fingerprint density at radius 3 is 2.31 bits per heavy atom. The largest absolute Gasteiger partial charge is 0.465 e. The number of halogens is 3. The smallest absolute Gasteiger partial charge is 0.417 e. The van der Waals surface area contributed by atoms with Crippen LogP contribution >= 0.6 is 0 Å². The van der Waals surface area contributed by atoms with Gasteiger partial charge < -0.3 is 25.0 Å². The minimum absolute atomic E-state index is 0.219. The van der Waals surface area contributed by atoms with E-state index >= 15 is 0 Å². The van der Waals surface area contributed by atoms with Crippen molar-refractivity contribution in [2.75, 3.05) is 45.2 Å². The van der Waals surface area contributed by atoms with Crippen LogP contribution in [0.2, 0.25) is 0 Å². The number of nitrogens with one attached hydrogen (secondary N) is 1. The highest BCUT2D eigenvalue weighted by molar-refractivity contribution is 7.92. The Bertz CT molecular complexity index is 1090. The highest BCUT2D eigenvalue weighted by atomic mass is 32.2. The fourth-order valence-corrected chi connectivity index (χ4v) is 6.43. The van der Waals surface area contributed by atoms with E-state index in [2.05, 4.69) is 10.2 Å². The average Bonchev–Trinajstić information content (AvgIpc) is 3.40. The number of alkyl halides is 3. The van der Waals surface area contributed by atoms with E-state index in [1.807, 2.05) is 18.0 Å². The second-order valence-electron chi connectivity index (χ2n) is 9.43. The van der Waals surface area contributed by atoms with Crippen molar-refractivity contribution in [1.29, 1.82) is 5.26 Å². The summed E-state index contributed by atoms with van der Waals surface area (Å²) in [5, 5.41) is 17.8. The number of hydrogen-bond acceptors (Lipinski definition) is 7. The molecule has 2 saturated carbocycles. The fraction of sp³-hybridized carbons (Fsp3) is 0.652. The number of carboxylic acid groups (broad SMARTS) is 1. The summed E-state index contributed by atoms with van der Waals surface area (Å²) >= 11 is 0. The highest BCUT2D eigenvalue weighted by Crippen LogP contribution is 2.40. The predicted octanol–water partition coefficient (Wildman–Crippen LogP) is 3.11. The van der Waals surface area contributed by atoms with Gasteiger partial charge in [-0.1, -0.05) is 0 Å². The van der Waals surface area contributed by atoms with Crippen molar-refractivity contribution in [3.8, 4) is 6.07 Å². The van der Waals surface area contributed by atoms with E-state index in [4.69, 9.17) is 15.1 Å². The normalized spacial score (nSPS) is 23.8. The van der Waals surface area contributed by atoms with Gasteiger partial charge in [0.25, 0.3) is 0 Å². The van der Waals surface area contributed by atoms with E-state index in [9.17, 15) is 26.4 Å². The number of ether oxygens (including phenoxy) is 1. The molecule has 200 valence electrons. The summed E-state index contributed by atoms with van der Waals surface area (Å²) in [7, 11) is -0.625. The monoisotopic (exact) mass is 532 g/mol. The van der Waals surface area contributed by atoms with Crippen LogP contribution in [-0.2, 0) is 20.8 Å². The van der Waals surface area contributed by atoms with Crippen LogP contribution in [0, 0.1) is 11.3 Å². The maximum absolute atomic E-state index is 13.7. The number of carbonyl (C=O) groups is 1. The molecule has 9 nitrogen and oxygen atoms in total. The molecule has 4 rings (SSSR count). The molecule has 2 N–H and O–H groups in total. The zero-order chi connectivity index (χ0) is 26.7. The number of piperazine rings is 1. The van der Waals surface area contributed by atoms with Crippen molar-refractivity contribution in [1.82, 2.24) is 10.2 Å². The van der Waals surface area contributed by atoms with Crippen molar-refractivity contribution >= 4 is 21.6 Å². The van der Waals surface area contributed by atoms with Gasteiger partial charge in [-0.25, -0.2) is 13.2 Å². The van der Waals surface area contributed by atoms with Gasteiger partial charge in [-0.05, 0) is 57.4 Å². The minimum atomic E-state index is -4.73. The Hall–Kier alpha value is -2.56. The number of methoxy groups -OCH3 is 1. The molecule has 0 bridgehead atoms. The standard InChI is InChI=1S/C18H25F3N2O3S.C5H6N2O2/c1-22-7-9-23(10-8-22)13-3-6-17(16(11-13)18(19,20)21)27(24,25)15-5-4-14(12-15)26-2;6-3-5(1-2-5)7-4(8)9/h3,6,11,14-15H,4-5,7-10,12H2,1-2H3;7H,1-2H2,(H,8,9)/t14-,15-;/m1./s1. The van der Waals surface area contributed by atoms with Crippen LogP contribution in [0.5, 0.6) is 0 Å². The first-order valence-electron chi connectivity index (χ1n) is 11.6. The van der Waals surface area contributed by atoms with Crippen LogP contribution in [0.15, 0.2) is 23.1 Å². The molecule has 2 atom stereocenters. The quantitative estimate of drug-likeness (QED) is 0.593. The Morgan fingerprint density at radius 1 is 1.22 bits per heavy atom. The van der Waals surface area contributed by atoms with E-state index in [0.29, 0.717) is 44.5 Å². The molecule has 1 aromatic rings. The van der Waals surface area contributed by atoms with Crippen LogP contribution in [0.3, 0.4) is 0 Å². The molecule has 0 radical (unpaired) electrons. The molecule has 36 heavy (non-hydrogen) atoms. The Balaban J connectivity index is 0.000000338.